The van der Waals surface area contributed by atoms with Gasteiger partial charge in [-0.25, -0.2) is 4.98 Å². The van der Waals surface area contributed by atoms with Crippen molar-refractivity contribution in [3.05, 3.63) is 63.4 Å². The molecule has 6 heteroatoms. The Morgan fingerprint density at radius 2 is 1.73 bits per heavy atom. The number of carbonyl (C=O) groups excluding carboxylic acids is 1. The van der Waals surface area contributed by atoms with Crippen LogP contribution in [0.2, 0.25) is 10.3 Å². The molecule has 0 saturated carbocycles. The quantitative estimate of drug-likeness (QED) is 0.850. The van der Waals surface area contributed by atoms with Crippen LogP contribution in [0, 0.1) is 0 Å². The molecule has 0 fully saturated rings. The van der Waals surface area contributed by atoms with Crippen LogP contribution in [-0.4, -0.2) is 29.9 Å². The molecule has 22 heavy (non-hydrogen) atoms. The molecule has 0 spiro atoms. The first-order valence-electron chi connectivity index (χ1n) is 6.78. The van der Waals surface area contributed by atoms with E-state index in [0.29, 0.717) is 12.1 Å². The zero-order valence-electron chi connectivity index (χ0n) is 12.4. The van der Waals surface area contributed by atoms with E-state index in [1.807, 2.05) is 32.3 Å². The van der Waals surface area contributed by atoms with Crippen LogP contribution >= 0.6 is 23.2 Å². The Bertz CT molecular complexity index is 654. The normalized spacial score (nSPS) is 10.8. The molecule has 0 radical (unpaired) electrons. The summed E-state index contributed by atoms with van der Waals surface area (Å²) in [5.74, 6) is -0.231. The number of amides is 1. The van der Waals surface area contributed by atoms with Crippen LogP contribution in [-0.2, 0) is 13.1 Å². The maximum Gasteiger partial charge on any atom is 0.251 e. The minimum Gasteiger partial charge on any atom is -0.348 e. The molecule has 0 unspecified atom stereocenters. The van der Waals surface area contributed by atoms with Gasteiger partial charge in [-0.05, 0) is 37.4 Å². The first-order valence-corrected chi connectivity index (χ1v) is 7.54. The van der Waals surface area contributed by atoms with Crippen molar-refractivity contribution in [1.29, 1.82) is 0 Å². The second-order valence-corrected chi connectivity index (χ2v) is 5.96. The third-order valence-corrected chi connectivity index (χ3v) is 3.46. The summed E-state index contributed by atoms with van der Waals surface area (Å²) >= 11 is 11.6. The van der Waals surface area contributed by atoms with E-state index < -0.39 is 0 Å². The SMILES string of the molecule is CN(C)Cc1ccccc1CNC(=O)c1cc(Cl)nc(Cl)c1. The van der Waals surface area contributed by atoms with Gasteiger partial charge in [-0.3, -0.25) is 4.79 Å². The van der Waals surface area contributed by atoms with Gasteiger partial charge in [0.1, 0.15) is 10.3 Å². The average molecular weight is 338 g/mol. The largest absolute Gasteiger partial charge is 0.348 e. The van der Waals surface area contributed by atoms with Crippen LogP contribution in [0.1, 0.15) is 21.5 Å². The van der Waals surface area contributed by atoms with Gasteiger partial charge in [0.15, 0.2) is 0 Å². The molecule has 0 bridgehead atoms. The maximum atomic E-state index is 12.2. The lowest BCUT2D eigenvalue weighted by molar-refractivity contribution is 0.0950. The zero-order chi connectivity index (χ0) is 16.1. The summed E-state index contributed by atoms with van der Waals surface area (Å²) < 4.78 is 0. The number of rotatable bonds is 5. The Balaban J connectivity index is 2.08. The number of hydrogen-bond acceptors (Lipinski definition) is 3. The lowest BCUT2D eigenvalue weighted by Gasteiger charge is -2.14. The molecule has 4 nitrogen and oxygen atoms in total. The van der Waals surface area contributed by atoms with Crippen molar-refractivity contribution in [1.82, 2.24) is 15.2 Å². The molecule has 1 N–H and O–H groups in total. The Morgan fingerprint density at radius 1 is 1.14 bits per heavy atom. The minimum absolute atomic E-state index is 0.200. The summed E-state index contributed by atoms with van der Waals surface area (Å²) in [6.45, 7) is 1.26. The van der Waals surface area contributed by atoms with E-state index in [0.717, 1.165) is 12.1 Å². The molecule has 116 valence electrons. The summed E-state index contributed by atoms with van der Waals surface area (Å²) in [4.78, 5) is 18.1. The molecule has 0 saturated heterocycles. The zero-order valence-corrected chi connectivity index (χ0v) is 13.9. The van der Waals surface area contributed by atoms with E-state index in [1.165, 1.54) is 17.7 Å². The van der Waals surface area contributed by atoms with Crippen molar-refractivity contribution in [3.8, 4) is 0 Å². The van der Waals surface area contributed by atoms with E-state index in [2.05, 4.69) is 21.3 Å². The smallest absolute Gasteiger partial charge is 0.251 e. The number of nitrogens with one attached hydrogen (secondary N) is 1. The molecule has 1 aromatic heterocycles. The van der Waals surface area contributed by atoms with Crippen molar-refractivity contribution in [2.24, 2.45) is 0 Å². The van der Waals surface area contributed by atoms with Crippen molar-refractivity contribution in [2.45, 2.75) is 13.1 Å². The van der Waals surface area contributed by atoms with Crippen molar-refractivity contribution in [3.63, 3.8) is 0 Å². The third-order valence-electron chi connectivity index (χ3n) is 3.07. The fourth-order valence-electron chi connectivity index (χ4n) is 2.10. The van der Waals surface area contributed by atoms with E-state index in [9.17, 15) is 4.79 Å². The molecule has 1 heterocycles. The van der Waals surface area contributed by atoms with Gasteiger partial charge in [-0.1, -0.05) is 47.5 Å². The highest BCUT2D eigenvalue weighted by atomic mass is 35.5. The molecule has 0 aliphatic heterocycles. The number of benzene rings is 1. The number of aromatic nitrogens is 1. The lowest BCUT2D eigenvalue weighted by atomic mass is 10.1. The Morgan fingerprint density at radius 3 is 2.32 bits per heavy atom. The second-order valence-electron chi connectivity index (χ2n) is 5.19. The summed E-state index contributed by atoms with van der Waals surface area (Å²) in [7, 11) is 4.02. The van der Waals surface area contributed by atoms with Crippen LogP contribution in [0.5, 0.6) is 0 Å². The maximum absolute atomic E-state index is 12.2. The molecule has 0 aliphatic carbocycles. The molecule has 2 rings (SSSR count). The first kappa shape index (κ1) is 16.7. The molecular weight excluding hydrogens is 321 g/mol. The van der Waals surface area contributed by atoms with Gasteiger partial charge in [0.2, 0.25) is 0 Å². The van der Waals surface area contributed by atoms with Gasteiger partial charge in [-0.2, -0.15) is 0 Å². The molecular formula is C16H17Cl2N3O. The lowest BCUT2D eigenvalue weighted by Crippen LogP contribution is -2.24. The molecule has 0 atom stereocenters. The van der Waals surface area contributed by atoms with E-state index in [-0.39, 0.29) is 16.2 Å². The van der Waals surface area contributed by atoms with Crippen molar-refractivity contribution >= 4 is 29.1 Å². The number of nitrogens with zero attached hydrogens (tertiary/aromatic N) is 2. The van der Waals surface area contributed by atoms with Crippen molar-refractivity contribution in [2.75, 3.05) is 14.1 Å². The summed E-state index contributed by atoms with van der Waals surface area (Å²) in [6, 6.07) is 11.0. The fourth-order valence-corrected chi connectivity index (χ4v) is 2.56. The number of carbonyl (C=O) groups is 1. The fraction of sp³-hybridized carbons (Fsp3) is 0.250. The van der Waals surface area contributed by atoms with Crippen LogP contribution in [0.4, 0.5) is 0 Å². The standard InChI is InChI=1S/C16H17Cl2N3O/c1-21(2)10-12-6-4-3-5-11(12)9-19-16(22)13-7-14(17)20-15(18)8-13/h3-8H,9-10H2,1-2H3,(H,19,22). The van der Waals surface area contributed by atoms with Gasteiger partial charge in [-0.15, -0.1) is 0 Å². The van der Waals surface area contributed by atoms with Crippen molar-refractivity contribution < 1.29 is 4.79 Å². The average Bonchev–Trinajstić information content (AvgIpc) is 2.44. The van der Waals surface area contributed by atoms with E-state index in [1.54, 1.807) is 0 Å². The summed E-state index contributed by atoms with van der Waals surface area (Å²) in [5, 5.41) is 3.28. The highest BCUT2D eigenvalue weighted by Crippen LogP contribution is 2.15. The van der Waals surface area contributed by atoms with Crippen LogP contribution in [0.25, 0.3) is 0 Å². The van der Waals surface area contributed by atoms with Gasteiger partial charge >= 0.3 is 0 Å². The van der Waals surface area contributed by atoms with E-state index in [4.69, 9.17) is 23.2 Å². The molecule has 2 aromatic rings. The summed E-state index contributed by atoms with van der Waals surface area (Å²) in [5.41, 5.74) is 2.66. The van der Waals surface area contributed by atoms with Crippen LogP contribution < -0.4 is 5.32 Å². The molecule has 1 amide bonds. The van der Waals surface area contributed by atoms with Gasteiger partial charge in [0.25, 0.3) is 5.91 Å². The highest BCUT2D eigenvalue weighted by Gasteiger charge is 2.10. The van der Waals surface area contributed by atoms with Crippen LogP contribution in [0.15, 0.2) is 36.4 Å². The second kappa shape index (κ2) is 7.58. The minimum atomic E-state index is -0.231. The number of halogens is 2. The molecule has 1 aromatic carbocycles. The van der Waals surface area contributed by atoms with Gasteiger partial charge in [0, 0.05) is 18.7 Å². The number of pyridine rings is 1. The monoisotopic (exact) mass is 337 g/mol. The van der Waals surface area contributed by atoms with E-state index >= 15 is 0 Å². The first-order chi connectivity index (χ1) is 10.5. The Kier molecular flexibility index (Phi) is 5.77. The topological polar surface area (TPSA) is 45.2 Å². The van der Waals surface area contributed by atoms with Gasteiger partial charge in [0.05, 0.1) is 0 Å². The predicted molar refractivity (Wildman–Crippen MR) is 89.3 cm³/mol. The molecule has 0 aliphatic rings. The summed E-state index contributed by atoms with van der Waals surface area (Å²) in [6.07, 6.45) is 0. The number of hydrogen-bond donors (Lipinski definition) is 1. The van der Waals surface area contributed by atoms with Gasteiger partial charge < -0.3 is 10.2 Å². The third kappa shape index (κ3) is 4.70. The Hall–Kier alpha value is -1.62. The predicted octanol–water partition coefficient (Wildman–Crippen LogP) is 3.38. The van der Waals surface area contributed by atoms with Crippen LogP contribution in [0.3, 0.4) is 0 Å². The Labute approximate surface area is 140 Å². The highest BCUT2D eigenvalue weighted by molar-refractivity contribution is 6.33.